The number of halogens is 1. The minimum atomic E-state index is 0.728. The predicted molar refractivity (Wildman–Crippen MR) is 82.1 cm³/mol. The van der Waals surface area contributed by atoms with Crippen molar-refractivity contribution in [2.45, 2.75) is 45.1 Å². The Morgan fingerprint density at radius 3 is 2.83 bits per heavy atom. The Morgan fingerprint density at radius 1 is 1.44 bits per heavy atom. The van der Waals surface area contributed by atoms with Gasteiger partial charge in [-0.2, -0.15) is 0 Å². The lowest BCUT2D eigenvalue weighted by Gasteiger charge is -2.19. The second-order valence-corrected chi connectivity index (χ2v) is 7.74. The Labute approximate surface area is 122 Å². The highest BCUT2D eigenvalue weighted by atomic mass is 79.9. The number of hydrogen-bond donors (Lipinski definition) is 1. The maximum Gasteiger partial charge on any atom is 0.0285 e. The minimum Gasteiger partial charge on any atom is -0.313 e. The molecule has 3 atom stereocenters. The van der Waals surface area contributed by atoms with Crippen molar-refractivity contribution in [1.82, 2.24) is 5.32 Å². The fourth-order valence-corrected chi connectivity index (χ4v) is 5.34. The van der Waals surface area contributed by atoms with Crippen LogP contribution in [0.25, 0.3) is 0 Å². The van der Waals surface area contributed by atoms with Crippen molar-refractivity contribution >= 4 is 27.3 Å². The van der Waals surface area contributed by atoms with Crippen molar-refractivity contribution in [2.75, 3.05) is 6.54 Å². The lowest BCUT2D eigenvalue weighted by Crippen LogP contribution is -2.35. The van der Waals surface area contributed by atoms with E-state index in [1.54, 1.807) is 0 Å². The van der Waals surface area contributed by atoms with E-state index in [2.05, 4.69) is 39.6 Å². The van der Waals surface area contributed by atoms with Gasteiger partial charge in [0, 0.05) is 20.8 Å². The van der Waals surface area contributed by atoms with Gasteiger partial charge in [-0.25, -0.2) is 0 Å². The summed E-state index contributed by atoms with van der Waals surface area (Å²) in [5.74, 6) is 3.09. The predicted octanol–water partition coefficient (Wildman–Crippen LogP) is 4.47. The van der Waals surface area contributed by atoms with Crippen LogP contribution in [0, 0.1) is 17.8 Å². The fraction of sp³-hybridized carbons (Fsp3) is 0.733. The Morgan fingerprint density at radius 2 is 2.22 bits per heavy atom. The fourth-order valence-electron chi connectivity index (χ4n) is 3.83. The maximum atomic E-state index is 3.81. The summed E-state index contributed by atoms with van der Waals surface area (Å²) in [4.78, 5) is 1.53. The molecule has 0 spiro atoms. The molecule has 1 aromatic heterocycles. The highest BCUT2D eigenvalue weighted by Gasteiger charge is 2.55. The third-order valence-electron chi connectivity index (χ3n) is 4.64. The van der Waals surface area contributed by atoms with Gasteiger partial charge in [0.05, 0.1) is 0 Å². The Hall–Kier alpha value is 0.140. The molecule has 0 aromatic carbocycles. The molecule has 2 fully saturated rings. The molecule has 0 aliphatic heterocycles. The number of thiophene rings is 1. The molecule has 1 nitrogen and oxygen atoms in total. The zero-order valence-electron chi connectivity index (χ0n) is 11.0. The molecule has 18 heavy (non-hydrogen) atoms. The lowest BCUT2D eigenvalue weighted by molar-refractivity contribution is 0.405. The van der Waals surface area contributed by atoms with Crippen molar-refractivity contribution in [3.8, 4) is 0 Å². The van der Waals surface area contributed by atoms with Crippen LogP contribution in [-0.2, 0) is 6.42 Å². The molecule has 0 saturated heterocycles. The molecule has 2 aliphatic carbocycles. The van der Waals surface area contributed by atoms with E-state index in [0.717, 1.165) is 23.8 Å². The monoisotopic (exact) mass is 327 g/mol. The summed E-state index contributed by atoms with van der Waals surface area (Å²) in [6.07, 6.45) is 6.94. The molecule has 0 amide bonds. The molecule has 1 N–H and O–H groups in total. The minimum absolute atomic E-state index is 0.728. The summed E-state index contributed by atoms with van der Waals surface area (Å²) in [7, 11) is 0. The number of rotatable bonds is 6. The van der Waals surface area contributed by atoms with Gasteiger partial charge in [0.1, 0.15) is 0 Å². The van der Waals surface area contributed by atoms with Crippen molar-refractivity contribution in [2.24, 2.45) is 17.8 Å². The summed E-state index contributed by atoms with van der Waals surface area (Å²) in [6.45, 7) is 3.44. The van der Waals surface area contributed by atoms with E-state index in [1.807, 2.05) is 11.3 Å². The largest absolute Gasteiger partial charge is 0.313 e. The number of nitrogens with one attached hydrogen (secondary N) is 1. The number of fused-ring (bicyclic) bond motifs is 1. The second kappa shape index (κ2) is 5.64. The molecule has 100 valence electrons. The maximum absolute atomic E-state index is 3.81. The van der Waals surface area contributed by atoms with Gasteiger partial charge < -0.3 is 5.32 Å². The summed E-state index contributed by atoms with van der Waals surface area (Å²) in [5.41, 5.74) is 0. The van der Waals surface area contributed by atoms with Crippen molar-refractivity contribution < 1.29 is 0 Å². The van der Waals surface area contributed by atoms with Crippen LogP contribution in [0.5, 0.6) is 0 Å². The van der Waals surface area contributed by atoms with Crippen molar-refractivity contribution in [1.29, 1.82) is 0 Å². The van der Waals surface area contributed by atoms with Crippen LogP contribution in [0.15, 0.2) is 15.9 Å². The smallest absolute Gasteiger partial charge is 0.0285 e. The first-order chi connectivity index (χ1) is 8.79. The first-order valence-electron chi connectivity index (χ1n) is 7.26. The second-order valence-electron chi connectivity index (χ2n) is 5.83. The summed E-state index contributed by atoms with van der Waals surface area (Å²) in [5, 5.41) is 6.02. The Balaban J connectivity index is 1.62. The van der Waals surface area contributed by atoms with Crippen LogP contribution in [-0.4, -0.2) is 12.6 Å². The van der Waals surface area contributed by atoms with E-state index in [4.69, 9.17) is 0 Å². The van der Waals surface area contributed by atoms with E-state index in [-0.39, 0.29) is 0 Å². The molecular weight excluding hydrogens is 306 g/mol. The molecule has 2 saturated carbocycles. The average molecular weight is 328 g/mol. The highest BCUT2D eigenvalue weighted by Crippen LogP contribution is 2.59. The summed E-state index contributed by atoms with van der Waals surface area (Å²) in [6, 6.07) is 3.02. The van der Waals surface area contributed by atoms with E-state index < -0.39 is 0 Å². The van der Waals surface area contributed by atoms with E-state index in [1.165, 1.54) is 48.0 Å². The van der Waals surface area contributed by atoms with Crippen molar-refractivity contribution in [3.63, 3.8) is 0 Å². The third-order valence-corrected chi connectivity index (χ3v) is 6.36. The molecule has 3 rings (SSSR count). The first-order valence-corrected chi connectivity index (χ1v) is 8.93. The molecule has 3 unspecified atom stereocenters. The molecular formula is C15H22BrNS. The van der Waals surface area contributed by atoms with Gasteiger partial charge in [0.2, 0.25) is 0 Å². The molecule has 1 aromatic rings. The van der Waals surface area contributed by atoms with Gasteiger partial charge in [0.15, 0.2) is 0 Å². The molecule has 0 radical (unpaired) electrons. The standard InChI is InChI=1S/C15H22BrNS/c1-2-6-17-14(8-11-7-10(16)9-18-11)15-12-4-3-5-13(12)15/h7,9,12-15,17H,2-6,8H2,1H3. The van der Waals surface area contributed by atoms with Crippen LogP contribution >= 0.6 is 27.3 Å². The summed E-state index contributed by atoms with van der Waals surface area (Å²) >= 11 is 5.46. The van der Waals surface area contributed by atoms with Gasteiger partial charge in [0.25, 0.3) is 0 Å². The Kier molecular flexibility index (Phi) is 4.12. The molecule has 3 heteroatoms. The molecule has 0 bridgehead atoms. The van der Waals surface area contributed by atoms with Crippen LogP contribution in [0.2, 0.25) is 0 Å². The topological polar surface area (TPSA) is 12.0 Å². The van der Waals surface area contributed by atoms with E-state index in [9.17, 15) is 0 Å². The van der Waals surface area contributed by atoms with Crippen LogP contribution in [0.1, 0.15) is 37.5 Å². The zero-order valence-corrected chi connectivity index (χ0v) is 13.4. The van der Waals surface area contributed by atoms with Crippen LogP contribution in [0.3, 0.4) is 0 Å². The highest BCUT2D eigenvalue weighted by molar-refractivity contribution is 9.10. The van der Waals surface area contributed by atoms with Gasteiger partial charge in [-0.05, 0) is 72.0 Å². The average Bonchev–Trinajstić information content (AvgIpc) is 2.74. The first kappa shape index (κ1) is 13.1. The SMILES string of the molecule is CCCNC(Cc1cc(Br)cs1)C1C2CCCC21. The van der Waals surface area contributed by atoms with Crippen LogP contribution in [0.4, 0.5) is 0 Å². The zero-order chi connectivity index (χ0) is 12.5. The van der Waals surface area contributed by atoms with Gasteiger partial charge >= 0.3 is 0 Å². The van der Waals surface area contributed by atoms with Crippen LogP contribution < -0.4 is 5.32 Å². The third kappa shape index (κ3) is 2.68. The molecule has 1 heterocycles. The van der Waals surface area contributed by atoms with Gasteiger partial charge in [-0.1, -0.05) is 13.3 Å². The van der Waals surface area contributed by atoms with Crippen molar-refractivity contribution in [3.05, 3.63) is 20.8 Å². The summed E-state index contributed by atoms with van der Waals surface area (Å²) < 4.78 is 1.24. The number of hydrogen-bond acceptors (Lipinski definition) is 2. The Bertz CT molecular complexity index is 393. The van der Waals surface area contributed by atoms with E-state index in [0.29, 0.717) is 0 Å². The molecule has 2 aliphatic rings. The normalized spacial score (nSPS) is 31.3. The van der Waals surface area contributed by atoms with E-state index >= 15 is 0 Å². The quantitative estimate of drug-likeness (QED) is 0.812. The van der Waals surface area contributed by atoms with Gasteiger partial charge in [-0.3, -0.25) is 0 Å². The van der Waals surface area contributed by atoms with Gasteiger partial charge in [-0.15, -0.1) is 11.3 Å². The lowest BCUT2D eigenvalue weighted by atomic mass is 10.0.